The number of aromatic nitrogens is 2. The fourth-order valence-corrected chi connectivity index (χ4v) is 3.67. The van der Waals surface area contributed by atoms with Gasteiger partial charge in [0.1, 0.15) is 4.90 Å². The number of rotatable bonds is 6. The summed E-state index contributed by atoms with van der Waals surface area (Å²) >= 11 is 5.57. The normalized spacial score (nSPS) is 18.0. The van der Waals surface area contributed by atoms with Crippen LogP contribution in [-0.2, 0) is 10.0 Å². The predicted octanol–water partition coefficient (Wildman–Crippen LogP) is 1.67. The fraction of sp³-hybridized carbons (Fsp3) is 0.692. The largest absolute Gasteiger partial charge is 0.303 e. The van der Waals surface area contributed by atoms with E-state index >= 15 is 0 Å². The maximum Gasteiger partial charge on any atom is 0.243 e. The Hall–Kier alpha value is -0.760. The Morgan fingerprint density at radius 2 is 1.95 bits per heavy atom. The highest BCUT2D eigenvalue weighted by molar-refractivity contribution is 7.89. The zero-order chi connectivity index (χ0) is 15.3. The number of nitrogens with one attached hydrogen (secondary N) is 1. The van der Waals surface area contributed by atoms with Crippen LogP contribution >= 0.6 is 11.6 Å². The summed E-state index contributed by atoms with van der Waals surface area (Å²) in [6, 6.07) is -0.0245. The monoisotopic (exact) mass is 332 g/mol. The minimum atomic E-state index is -3.56. The van der Waals surface area contributed by atoms with Gasteiger partial charge in [-0.05, 0) is 50.5 Å². The van der Waals surface area contributed by atoms with Crippen LogP contribution in [0.3, 0.4) is 0 Å². The van der Waals surface area contributed by atoms with Crippen LogP contribution in [0, 0.1) is 0 Å². The van der Waals surface area contributed by atoms with Gasteiger partial charge in [0.2, 0.25) is 15.3 Å². The third kappa shape index (κ3) is 4.88. The Morgan fingerprint density at radius 3 is 2.52 bits per heavy atom. The van der Waals surface area contributed by atoms with Crippen molar-refractivity contribution >= 4 is 21.6 Å². The van der Waals surface area contributed by atoms with Gasteiger partial charge in [0.25, 0.3) is 0 Å². The van der Waals surface area contributed by atoms with Gasteiger partial charge in [0.05, 0.1) is 12.4 Å². The first-order valence-corrected chi connectivity index (χ1v) is 9.09. The number of halogens is 1. The molecule has 0 amide bonds. The van der Waals surface area contributed by atoms with Gasteiger partial charge >= 0.3 is 0 Å². The van der Waals surface area contributed by atoms with Crippen molar-refractivity contribution < 1.29 is 8.42 Å². The minimum absolute atomic E-state index is 0.0245. The summed E-state index contributed by atoms with van der Waals surface area (Å²) in [6.07, 6.45) is 6.50. The van der Waals surface area contributed by atoms with Crippen molar-refractivity contribution in [2.24, 2.45) is 0 Å². The fourth-order valence-electron chi connectivity index (χ4n) is 2.38. The molecule has 1 aliphatic rings. The van der Waals surface area contributed by atoms with Gasteiger partial charge in [-0.15, -0.1) is 0 Å². The third-order valence-electron chi connectivity index (χ3n) is 3.64. The topological polar surface area (TPSA) is 75.2 Å². The maximum atomic E-state index is 12.2. The van der Waals surface area contributed by atoms with E-state index in [9.17, 15) is 8.42 Å². The summed E-state index contributed by atoms with van der Waals surface area (Å²) in [7, 11) is -3.56. The summed E-state index contributed by atoms with van der Waals surface area (Å²) in [5.41, 5.74) is 0. The predicted molar refractivity (Wildman–Crippen MR) is 81.7 cm³/mol. The van der Waals surface area contributed by atoms with Crippen molar-refractivity contribution in [3.05, 3.63) is 17.7 Å². The van der Waals surface area contributed by atoms with Crippen LogP contribution in [-0.4, -0.2) is 49.0 Å². The van der Waals surface area contributed by atoms with Crippen LogP contribution in [0.4, 0.5) is 0 Å². The van der Waals surface area contributed by atoms with E-state index in [1.807, 2.05) is 0 Å². The molecular weight excluding hydrogens is 312 g/mol. The van der Waals surface area contributed by atoms with Crippen molar-refractivity contribution in [1.29, 1.82) is 0 Å². The van der Waals surface area contributed by atoms with Gasteiger partial charge in [-0.3, -0.25) is 0 Å². The molecule has 0 bridgehead atoms. The highest BCUT2D eigenvalue weighted by Crippen LogP contribution is 2.15. The molecule has 0 spiro atoms. The van der Waals surface area contributed by atoms with Gasteiger partial charge < -0.3 is 4.90 Å². The molecule has 1 saturated heterocycles. The zero-order valence-electron chi connectivity index (χ0n) is 12.1. The summed E-state index contributed by atoms with van der Waals surface area (Å²) < 4.78 is 27.2. The molecule has 1 aromatic heterocycles. The molecule has 0 aromatic carbocycles. The van der Waals surface area contributed by atoms with E-state index in [0.29, 0.717) is 0 Å². The summed E-state index contributed by atoms with van der Waals surface area (Å²) in [5, 5.41) is 0.0400. The van der Waals surface area contributed by atoms with Gasteiger partial charge in [0.15, 0.2) is 0 Å². The molecule has 8 heteroatoms. The molecular formula is C13H21ClN4O2S. The summed E-state index contributed by atoms with van der Waals surface area (Å²) in [4.78, 5) is 9.87. The molecule has 0 saturated carbocycles. The van der Waals surface area contributed by atoms with Gasteiger partial charge in [-0.2, -0.15) is 0 Å². The number of hydrogen-bond donors (Lipinski definition) is 1. The SMILES string of the molecule is CCCCN1CCC(NS(=O)(=O)c2cnc(Cl)nc2)CC1. The Labute approximate surface area is 131 Å². The van der Waals surface area contributed by atoms with Crippen LogP contribution in [0.2, 0.25) is 5.28 Å². The molecule has 0 atom stereocenters. The summed E-state index contributed by atoms with van der Waals surface area (Å²) in [6.45, 7) is 5.14. The van der Waals surface area contributed by atoms with E-state index in [0.717, 1.165) is 32.5 Å². The minimum Gasteiger partial charge on any atom is -0.303 e. The molecule has 0 radical (unpaired) electrons. The van der Waals surface area contributed by atoms with Crippen molar-refractivity contribution in [3.63, 3.8) is 0 Å². The summed E-state index contributed by atoms with van der Waals surface area (Å²) in [5.74, 6) is 0. The van der Waals surface area contributed by atoms with Crippen molar-refractivity contribution in [2.45, 2.75) is 43.5 Å². The van der Waals surface area contributed by atoms with E-state index in [4.69, 9.17) is 11.6 Å². The second-order valence-electron chi connectivity index (χ2n) is 5.28. The zero-order valence-corrected chi connectivity index (χ0v) is 13.7. The highest BCUT2D eigenvalue weighted by atomic mass is 35.5. The van der Waals surface area contributed by atoms with Crippen LogP contribution in [0.25, 0.3) is 0 Å². The van der Waals surface area contributed by atoms with Crippen LogP contribution in [0.5, 0.6) is 0 Å². The van der Waals surface area contributed by atoms with E-state index in [1.54, 1.807) is 0 Å². The molecule has 1 N–H and O–H groups in total. The molecule has 0 aliphatic carbocycles. The molecule has 1 aromatic rings. The number of sulfonamides is 1. The Bertz CT molecular complexity index is 542. The quantitative estimate of drug-likeness (QED) is 0.802. The van der Waals surface area contributed by atoms with Crippen LogP contribution < -0.4 is 4.72 Å². The second-order valence-corrected chi connectivity index (χ2v) is 7.33. The van der Waals surface area contributed by atoms with Crippen molar-refractivity contribution in [2.75, 3.05) is 19.6 Å². The van der Waals surface area contributed by atoms with Crippen molar-refractivity contribution in [3.8, 4) is 0 Å². The number of likely N-dealkylation sites (tertiary alicyclic amines) is 1. The van der Waals surface area contributed by atoms with Crippen LogP contribution in [0.15, 0.2) is 17.3 Å². The molecule has 21 heavy (non-hydrogen) atoms. The number of hydrogen-bond acceptors (Lipinski definition) is 5. The van der Waals surface area contributed by atoms with Gasteiger partial charge in [0, 0.05) is 6.04 Å². The van der Waals surface area contributed by atoms with Gasteiger partial charge in [-0.25, -0.2) is 23.1 Å². The Morgan fingerprint density at radius 1 is 1.33 bits per heavy atom. The first kappa shape index (κ1) is 16.6. The lowest BCUT2D eigenvalue weighted by atomic mass is 10.1. The number of unbranched alkanes of at least 4 members (excludes halogenated alkanes) is 1. The number of piperidine rings is 1. The Kier molecular flexibility index (Phi) is 5.92. The lowest BCUT2D eigenvalue weighted by Crippen LogP contribution is -2.44. The smallest absolute Gasteiger partial charge is 0.243 e. The molecule has 0 unspecified atom stereocenters. The first-order chi connectivity index (χ1) is 10.0. The lowest BCUT2D eigenvalue weighted by Gasteiger charge is -2.32. The van der Waals surface area contributed by atoms with Crippen LogP contribution in [0.1, 0.15) is 32.6 Å². The van der Waals surface area contributed by atoms with E-state index in [1.165, 1.54) is 25.2 Å². The molecule has 1 fully saturated rings. The average Bonchev–Trinajstić information content (AvgIpc) is 2.47. The standard InChI is InChI=1S/C13H21ClN4O2S/c1-2-3-6-18-7-4-11(5-8-18)17-21(19,20)12-9-15-13(14)16-10-12/h9-11,17H,2-8H2,1H3. The van der Waals surface area contributed by atoms with E-state index in [2.05, 4.69) is 26.5 Å². The van der Waals surface area contributed by atoms with E-state index < -0.39 is 10.0 Å². The highest BCUT2D eigenvalue weighted by Gasteiger charge is 2.24. The van der Waals surface area contributed by atoms with Gasteiger partial charge in [-0.1, -0.05) is 13.3 Å². The first-order valence-electron chi connectivity index (χ1n) is 7.23. The Balaban J connectivity index is 1.89. The molecule has 6 nitrogen and oxygen atoms in total. The molecule has 1 aliphatic heterocycles. The lowest BCUT2D eigenvalue weighted by molar-refractivity contribution is 0.205. The van der Waals surface area contributed by atoms with E-state index in [-0.39, 0.29) is 16.2 Å². The molecule has 118 valence electrons. The maximum absolute atomic E-state index is 12.2. The molecule has 2 heterocycles. The second kappa shape index (κ2) is 7.49. The van der Waals surface area contributed by atoms with Crippen molar-refractivity contribution in [1.82, 2.24) is 19.6 Å². The third-order valence-corrected chi connectivity index (χ3v) is 5.31. The number of nitrogens with zero attached hydrogens (tertiary/aromatic N) is 3. The average molecular weight is 333 g/mol. The molecule has 2 rings (SSSR count).